The molecular formula is C102H63N15O3. The smallest absolute Gasteiger partial charge is 0.164 e. The summed E-state index contributed by atoms with van der Waals surface area (Å²) in [7, 11) is 0. The van der Waals surface area contributed by atoms with Gasteiger partial charge >= 0.3 is 0 Å². The predicted molar refractivity (Wildman–Crippen MR) is 474 cm³/mol. The molecular weight excluding hydrogens is 1480 g/mol. The Balaban J connectivity index is 0.000000108. The molecule has 0 bridgehead atoms. The van der Waals surface area contributed by atoms with Crippen molar-refractivity contribution in [3.05, 3.63) is 384 Å². The number of fused-ring (bicyclic) bond motifs is 15. The molecule has 9 aromatic carbocycles. The number of para-hydroxylation sites is 3. The van der Waals surface area contributed by atoms with E-state index >= 15 is 0 Å². The Morgan fingerprint density at radius 2 is 0.517 bits per heavy atom. The van der Waals surface area contributed by atoms with Crippen LogP contribution in [0.1, 0.15) is 0 Å². The van der Waals surface area contributed by atoms with Crippen molar-refractivity contribution in [2.75, 3.05) is 0 Å². The summed E-state index contributed by atoms with van der Waals surface area (Å²) in [5.74, 6) is 2.40. The molecule has 0 amide bonds. The Hall–Kier alpha value is -16.9. The average Bonchev–Trinajstić information content (AvgIpc) is 1.58. The maximum atomic E-state index is 5.95. The number of rotatable bonds is 12. The van der Waals surface area contributed by atoms with Gasteiger partial charge in [-0.25, -0.2) is 29.9 Å². The van der Waals surface area contributed by atoms with Crippen LogP contribution < -0.4 is 0 Å². The maximum absolute atomic E-state index is 5.95. The molecule has 18 nitrogen and oxygen atoms in total. The minimum absolute atomic E-state index is 0.585. The second kappa shape index (κ2) is 29.8. The first-order valence-corrected chi connectivity index (χ1v) is 39.1. The fraction of sp³-hybridized carbons (Fsp3) is 0. The minimum Gasteiger partial charge on any atom is -0.464 e. The summed E-state index contributed by atoms with van der Waals surface area (Å²) in [5, 5.41) is 10.1. The van der Waals surface area contributed by atoms with E-state index in [0.29, 0.717) is 23.3 Å². The van der Waals surface area contributed by atoms with Gasteiger partial charge in [0.2, 0.25) is 0 Å². The van der Waals surface area contributed by atoms with Crippen molar-refractivity contribution in [1.82, 2.24) is 73.5 Å². The maximum Gasteiger partial charge on any atom is 0.164 e. The number of benzene rings is 9. The highest BCUT2D eigenvalue weighted by atomic mass is 16.3. The van der Waals surface area contributed by atoms with Gasteiger partial charge < -0.3 is 27.0 Å². The molecule has 15 aromatic heterocycles. The van der Waals surface area contributed by atoms with Crippen molar-refractivity contribution in [3.8, 4) is 119 Å². The monoisotopic (exact) mass is 1550 g/mol. The van der Waals surface area contributed by atoms with E-state index in [1.165, 1.54) is 5.39 Å². The molecule has 120 heavy (non-hydrogen) atoms. The van der Waals surface area contributed by atoms with Crippen LogP contribution >= 0.6 is 0 Å². The van der Waals surface area contributed by atoms with E-state index in [1.54, 1.807) is 80.8 Å². The Morgan fingerprint density at radius 3 is 0.933 bits per heavy atom. The zero-order chi connectivity index (χ0) is 79.4. The van der Waals surface area contributed by atoms with Gasteiger partial charge in [-0.15, -0.1) is 0 Å². The van der Waals surface area contributed by atoms with Crippen molar-refractivity contribution in [3.63, 3.8) is 0 Å². The molecule has 24 aromatic rings. The molecule has 15 heterocycles. The number of hydrogen-bond acceptors (Lipinski definition) is 15. The molecule has 0 radical (unpaired) electrons. The van der Waals surface area contributed by atoms with Crippen LogP contribution in [0.4, 0.5) is 0 Å². The molecule has 0 aliphatic carbocycles. The number of furan rings is 3. The van der Waals surface area contributed by atoms with E-state index < -0.39 is 0 Å². The molecule has 0 saturated heterocycles. The third-order valence-electron chi connectivity index (χ3n) is 21.9. The Kier molecular flexibility index (Phi) is 17.4. The van der Waals surface area contributed by atoms with Crippen LogP contribution in [0.25, 0.3) is 217 Å². The summed E-state index contributed by atoms with van der Waals surface area (Å²) in [6.07, 6.45) is 26.5. The van der Waals surface area contributed by atoms with Gasteiger partial charge in [0.05, 0.1) is 90.8 Å². The quantitative estimate of drug-likeness (QED) is 0.111. The molecule has 0 N–H and O–H groups in total. The Bertz CT molecular complexity index is 7480. The van der Waals surface area contributed by atoms with Gasteiger partial charge in [-0.05, 0) is 211 Å². The summed E-state index contributed by atoms with van der Waals surface area (Å²) in [5.41, 5.74) is 25.8. The van der Waals surface area contributed by atoms with Crippen LogP contribution in [0.2, 0.25) is 0 Å². The van der Waals surface area contributed by atoms with Gasteiger partial charge in [-0.1, -0.05) is 91.0 Å². The van der Waals surface area contributed by atoms with E-state index in [4.69, 9.17) is 43.2 Å². The lowest BCUT2D eigenvalue weighted by atomic mass is 10.0. The number of nitrogens with zero attached hydrogens (tertiary/aromatic N) is 15. The highest BCUT2D eigenvalue weighted by Crippen LogP contribution is 2.43. The Labute approximate surface area is 684 Å². The fourth-order valence-electron chi connectivity index (χ4n) is 16.4. The molecule has 0 aliphatic heterocycles. The second-order valence-electron chi connectivity index (χ2n) is 28.9. The van der Waals surface area contributed by atoms with E-state index in [1.807, 2.05) is 122 Å². The first kappa shape index (κ1) is 69.8. The first-order valence-electron chi connectivity index (χ1n) is 39.1. The molecule has 0 saturated carbocycles. The Morgan fingerprint density at radius 1 is 0.192 bits per heavy atom. The molecule has 0 spiro atoms. The molecule has 0 fully saturated rings. The van der Waals surface area contributed by atoms with Crippen LogP contribution in [0.15, 0.2) is 398 Å². The zero-order valence-electron chi connectivity index (χ0n) is 63.8. The highest BCUT2D eigenvalue weighted by molar-refractivity contribution is 6.22. The SMILES string of the molecule is c1cc(-c2cc(-c3ccncc3)nc(-c3ccncc3)n2)cc(-n2c3ccccc3c3c4occc4ccc32)c1.c1cc(-c2nc(-c3ccncc3)nc(-c3ccncc3)n2)cc(-n2c3ccccc3c3c4occc4ccc32)c1.c1ccc2c(c1)c1c3occc3ccc1n2-c1ccc(-c2cc(-c3ccncc3)cc(-c3ccncc3)n2)cc1. The molecule has 24 rings (SSSR count). The van der Waals surface area contributed by atoms with E-state index in [9.17, 15) is 0 Å². The molecule has 18 heteroatoms. The fourth-order valence-corrected chi connectivity index (χ4v) is 16.4. The lowest BCUT2D eigenvalue weighted by molar-refractivity contribution is 0.619. The largest absolute Gasteiger partial charge is 0.464 e. The second-order valence-corrected chi connectivity index (χ2v) is 28.9. The predicted octanol–water partition coefficient (Wildman–Crippen LogP) is 24.3. The van der Waals surface area contributed by atoms with Crippen LogP contribution in [0, 0.1) is 0 Å². The zero-order valence-corrected chi connectivity index (χ0v) is 63.8. The van der Waals surface area contributed by atoms with Crippen molar-refractivity contribution in [2.24, 2.45) is 0 Å². The average molecular weight is 1550 g/mol. The van der Waals surface area contributed by atoms with Gasteiger partial charge in [0.1, 0.15) is 16.7 Å². The van der Waals surface area contributed by atoms with Gasteiger partial charge in [0.25, 0.3) is 0 Å². The normalized spacial score (nSPS) is 11.5. The summed E-state index contributed by atoms with van der Waals surface area (Å²) in [4.78, 5) is 54.5. The number of pyridine rings is 7. The van der Waals surface area contributed by atoms with Gasteiger partial charge in [0.15, 0.2) is 23.3 Å². The molecule has 564 valence electrons. The van der Waals surface area contributed by atoms with Gasteiger partial charge in [0, 0.05) is 168 Å². The summed E-state index contributed by atoms with van der Waals surface area (Å²) < 4.78 is 24.7. The molecule has 0 unspecified atom stereocenters. The van der Waals surface area contributed by atoms with Gasteiger partial charge in [-0.2, -0.15) is 0 Å². The molecule has 0 aliphatic rings. The van der Waals surface area contributed by atoms with E-state index in [2.05, 4.69) is 226 Å². The summed E-state index contributed by atoms with van der Waals surface area (Å²) >= 11 is 0. The lowest BCUT2D eigenvalue weighted by Gasteiger charge is -2.12. The van der Waals surface area contributed by atoms with Crippen molar-refractivity contribution >= 4 is 98.3 Å². The van der Waals surface area contributed by atoms with Crippen LogP contribution in [0.5, 0.6) is 0 Å². The third kappa shape index (κ3) is 12.7. The summed E-state index contributed by atoms with van der Waals surface area (Å²) in [6.45, 7) is 0. The topological polar surface area (TPSA) is 209 Å². The van der Waals surface area contributed by atoms with Crippen molar-refractivity contribution in [2.45, 2.75) is 0 Å². The first-order chi connectivity index (χ1) is 59.5. The van der Waals surface area contributed by atoms with E-state index in [-0.39, 0.29) is 0 Å². The highest BCUT2D eigenvalue weighted by Gasteiger charge is 2.23. The van der Waals surface area contributed by atoms with E-state index in [0.717, 1.165) is 188 Å². The number of hydrogen-bond donors (Lipinski definition) is 0. The van der Waals surface area contributed by atoms with Crippen LogP contribution in [-0.2, 0) is 0 Å². The standard InChI is InChI=1S/C35H22N4O.C34H21N5O.C33H20N6O/c1-2-4-32-29(3-1)34-33(10-7-26-15-20-40-35(26)34)39(32)28-8-5-24(6-9-28)30-21-27(23-11-16-36-17-12-23)22-31(38-30)25-13-18-37-19-14-25;1-2-7-30-27(6-1)32-31(9-8-23-14-19-40-33(23)32)39(30)26-5-3-4-25(20-26)29-21-28(22-10-15-35-16-11-22)37-34(38-29)24-12-17-36-18-13-24;1-2-7-27-26(6-1)29-28(9-8-21-14-19-40-30(21)29)39(27)25-5-3-4-24(20-25)33-37-31(22-10-15-34-16-11-22)36-32(38-33)23-12-17-35-18-13-23/h1-22H;1-21H;1-20H. The molecule has 0 atom stereocenters. The van der Waals surface area contributed by atoms with Crippen LogP contribution in [-0.4, -0.2) is 73.5 Å². The van der Waals surface area contributed by atoms with Crippen LogP contribution in [0.3, 0.4) is 0 Å². The van der Waals surface area contributed by atoms with Crippen molar-refractivity contribution in [1.29, 1.82) is 0 Å². The third-order valence-corrected chi connectivity index (χ3v) is 21.9. The van der Waals surface area contributed by atoms with Crippen molar-refractivity contribution < 1.29 is 13.3 Å². The van der Waals surface area contributed by atoms with Gasteiger partial charge in [-0.3, -0.25) is 29.9 Å². The lowest BCUT2D eigenvalue weighted by Crippen LogP contribution is -2.01. The summed E-state index contributed by atoms with van der Waals surface area (Å²) in [6, 6.07) is 99.4. The number of aromatic nitrogens is 15. The minimum atomic E-state index is 0.585.